The summed E-state index contributed by atoms with van der Waals surface area (Å²) in [7, 11) is 0. The van der Waals surface area contributed by atoms with Gasteiger partial charge in [-0.3, -0.25) is 4.79 Å². The number of carbonyl (C=O) groups is 1. The zero-order valence-corrected chi connectivity index (χ0v) is 17.0. The number of ether oxygens (including phenoxy) is 2. The van der Waals surface area contributed by atoms with E-state index in [2.05, 4.69) is 38.2 Å². The Morgan fingerprint density at radius 1 is 1.00 bits per heavy atom. The largest absolute Gasteiger partial charge is 0.492 e. The quantitative estimate of drug-likeness (QED) is 0.689. The third-order valence-electron chi connectivity index (χ3n) is 4.35. The molecular formula is C23H31NO3. The number of carbonyl (C=O) groups excluding carboxylic acids is 1. The molecular weight excluding hydrogens is 338 g/mol. The summed E-state index contributed by atoms with van der Waals surface area (Å²) in [6, 6.07) is 15.8. The summed E-state index contributed by atoms with van der Waals surface area (Å²) in [5.74, 6) is 1.39. The molecule has 2 aromatic carbocycles. The summed E-state index contributed by atoms with van der Waals surface area (Å²) >= 11 is 0. The number of hydrogen-bond acceptors (Lipinski definition) is 3. The van der Waals surface area contributed by atoms with Crippen LogP contribution < -0.4 is 14.8 Å². The van der Waals surface area contributed by atoms with E-state index in [1.807, 2.05) is 50.2 Å². The number of aryl methyl sites for hydroxylation is 1. The van der Waals surface area contributed by atoms with Gasteiger partial charge in [0.05, 0.1) is 6.54 Å². The molecule has 0 aliphatic heterocycles. The Kier molecular flexibility index (Phi) is 7.28. The first kappa shape index (κ1) is 20.8. The highest BCUT2D eigenvalue weighted by molar-refractivity contribution is 5.81. The van der Waals surface area contributed by atoms with E-state index >= 15 is 0 Å². The van der Waals surface area contributed by atoms with E-state index in [-0.39, 0.29) is 11.3 Å². The van der Waals surface area contributed by atoms with Crippen molar-refractivity contribution in [2.24, 2.45) is 0 Å². The minimum atomic E-state index is -0.501. The van der Waals surface area contributed by atoms with E-state index < -0.39 is 6.10 Å². The molecule has 4 nitrogen and oxygen atoms in total. The molecule has 0 heterocycles. The highest BCUT2D eigenvalue weighted by atomic mass is 16.5. The minimum absolute atomic E-state index is 0.121. The van der Waals surface area contributed by atoms with Crippen LogP contribution in [0.2, 0.25) is 0 Å². The maximum absolute atomic E-state index is 12.3. The maximum atomic E-state index is 12.3. The van der Waals surface area contributed by atoms with Crippen LogP contribution in [0.3, 0.4) is 0 Å². The first-order valence-corrected chi connectivity index (χ1v) is 9.54. The first-order chi connectivity index (χ1) is 12.8. The molecule has 0 saturated heterocycles. The lowest BCUT2D eigenvalue weighted by atomic mass is 9.87. The monoisotopic (exact) mass is 369 g/mol. The van der Waals surface area contributed by atoms with Gasteiger partial charge in [-0.15, -0.1) is 0 Å². The number of benzene rings is 2. The molecule has 1 amide bonds. The molecule has 27 heavy (non-hydrogen) atoms. The lowest BCUT2D eigenvalue weighted by molar-refractivity contribution is -0.128. The zero-order chi connectivity index (χ0) is 19.9. The van der Waals surface area contributed by atoms with Crippen molar-refractivity contribution in [3.05, 3.63) is 59.7 Å². The molecule has 2 aromatic rings. The molecule has 2 rings (SSSR count). The van der Waals surface area contributed by atoms with E-state index in [9.17, 15) is 4.79 Å². The van der Waals surface area contributed by atoms with E-state index in [4.69, 9.17) is 9.47 Å². The molecule has 0 spiro atoms. The molecule has 146 valence electrons. The van der Waals surface area contributed by atoms with Gasteiger partial charge in [0.1, 0.15) is 18.1 Å². The van der Waals surface area contributed by atoms with Gasteiger partial charge in [0.2, 0.25) is 0 Å². The molecule has 0 aliphatic rings. The highest BCUT2D eigenvalue weighted by Gasteiger charge is 2.18. The maximum Gasteiger partial charge on any atom is 0.261 e. The lowest BCUT2D eigenvalue weighted by Crippen LogP contribution is -2.39. The van der Waals surface area contributed by atoms with Crippen molar-refractivity contribution >= 4 is 5.91 Å². The fourth-order valence-electron chi connectivity index (χ4n) is 2.61. The van der Waals surface area contributed by atoms with Crippen molar-refractivity contribution in [2.45, 2.75) is 52.6 Å². The van der Waals surface area contributed by atoms with Crippen molar-refractivity contribution in [3.63, 3.8) is 0 Å². The van der Waals surface area contributed by atoms with Gasteiger partial charge < -0.3 is 14.8 Å². The predicted octanol–water partition coefficient (Wildman–Crippen LogP) is 4.65. The van der Waals surface area contributed by atoms with E-state index in [0.29, 0.717) is 25.3 Å². The second kappa shape index (κ2) is 9.45. The Morgan fingerprint density at radius 2 is 1.59 bits per heavy atom. The van der Waals surface area contributed by atoms with Crippen molar-refractivity contribution in [1.82, 2.24) is 5.32 Å². The van der Waals surface area contributed by atoms with Crippen LogP contribution in [-0.2, 0) is 10.2 Å². The SMILES string of the molecule is CC[C@@H](Oc1ccc(C)cc1)C(=O)NCCOc1ccc(C(C)(C)C)cc1. The molecule has 0 unspecified atom stereocenters. The Labute approximate surface area is 162 Å². The number of rotatable bonds is 8. The third-order valence-corrected chi connectivity index (χ3v) is 4.35. The second-order valence-corrected chi connectivity index (χ2v) is 7.74. The predicted molar refractivity (Wildman–Crippen MR) is 110 cm³/mol. The number of nitrogens with one attached hydrogen (secondary N) is 1. The molecule has 0 radical (unpaired) electrons. The third kappa shape index (κ3) is 6.63. The number of hydrogen-bond donors (Lipinski definition) is 1. The summed E-state index contributed by atoms with van der Waals surface area (Å²) in [5, 5.41) is 2.88. The average Bonchev–Trinajstić information content (AvgIpc) is 2.64. The van der Waals surface area contributed by atoms with Crippen LogP contribution in [0.1, 0.15) is 45.2 Å². The normalized spacial score (nSPS) is 12.3. The summed E-state index contributed by atoms with van der Waals surface area (Å²) in [5.41, 5.74) is 2.55. The molecule has 0 fully saturated rings. The van der Waals surface area contributed by atoms with Gasteiger partial charge in [0.15, 0.2) is 6.10 Å². The molecule has 1 N–H and O–H groups in total. The van der Waals surface area contributed by atoms with Crippen molar-refractivity contribution in [3.8, 4) is 11.5 Å². The van der Waals surface area contributed by atoms with Crippen molar-refractivity contribution in [2.75, 3.05) is 13.2 Å². The van der Waals surface area contributed by atoms with Crippen LogP contribution >= 0.6 is 0 Å². The van der Waals surface area contributed by atoms with E-state index in [1.54, 1.807) is 0 Å². The zero-order valence-electron chi connectivity index (χ0n) is 17.0. The smallest absolute Gasteiger partial charge is 0.261 e. The van der Waals surface area contributed by atoms with Crippen LogP contribution in [0, 0.1) is 6.92 Å². The van der Waals surface area contributed by atoms with Gasteiger partial charge in [-0.25, -0.2) is 0 Å². The van der Waals surface area contributed by atoms with Gasteiger partial charge in [-0.2, -0.15) is 0 Å². The molecule has 0 bridgehead atoms. The standard InChI is InChI=1S/C23H31NO3/c1-6-21(27-20-11-7-17(2)8-12-20)22(25)24-15-16-26-19-13-9-18(10-14-19)23(3,4)5/h7-14,21H,6,15-16H2,1-5H3,(H,24,25)/t21-/m1/s1. The van der Waals surface area contributed by atoms with Crippen LogP contribution in [0.5, 0.6) is 11.5 Å². The average molecular weight is 370 g/mol. The fourth-order valence-corrected chi connectivity index (χ4v) is 2.61. The fraction of sp³-hybridized carbons (Fsp3) is 0.435. The first-order valence-electron chi connectivity index (χ1n) is 9.54. The van der Waals surface area contributed by atoms with Crippen LogP contribution in [0.15, 0.2) is 48.5 Å². The summed E-state index contributed by atoms with van der Waals surface area (Å²) in [4.78, 5) is 12.3. The Balaban J connectivity index is 1.76. The molecule has 4 heteroatoms. The summed E-state index contributed by atoms with van der Waals surface area (Å²) in [6.07, 6.45) is 0.105. The molecule has 0 aliphatic carbocycles. The lowest BCUT2D eigenvalue weighted by Gasteiger charge is -2.19. The van der Waals surface area contributed by atoms with E-state index in [1.165, 1.54) is 5.56 Å². The number of amides is 1. The minimum Gasteiger partial charge on any atom is -0.492 e. The van der Waals surface area contributed by atoms with Crippen LogP contribution in [-0.4, -0.2) is 25.2 Å². The summed E-state index contributed by atoms with van der Waals surface area (Å²) in [6.45, 7) is 11.4. The van der Waals surface area contributed by atoms with Gasteiger partial charge in [0, 0.05) is 0 Å². The molecule has 1 atom stereocenters. The van der Waals surface area contributed by atoms with Crippen LogP contribution in [0.4, 0.5) is 0 Å². The Hall–Kier alpha value is -2.49. The van der Waals surface area contributed by atoms with Gasteiger partial charge in [-0.1, -0.05) is 57.5 Å². The van der Waals surface area contributed by atoms with E-state index in [0.717, 1.165) is 11.3 Å². The van der Waals surface area contributed by atoms with Gasteiger partial charge in [0.25, 0.3) is 5.91 Å². The van der Waals surface area contributed by atoms with Crippen molar-refractivity contribution in [1.29, 1.82) is 0 Å². The Bertz CT molecular complexity index is 715. The van der Waals surface area contributed by atoms with Crippen LogP contribution in [0.25, 0.3) is 0 Å². The van der Waals surface area contributed by atoms with Gasteiger partial charge >= 0.3 is 0 Å². The highest BCUT2D eigenvalue weighted by Crippen LogP contribution is 2.24. The summed E-state index contributed by atoms with van der Waals surface area (Å²) < 4.78 is 11.5. The second-order valence-electron chi connectivity index (χ2n) is 7.74. The molecule has 0 saturated carbocycles. The Morgan fingerprint density at radius 3 is 2.15 bits per heavy atom. The van der Waals surface area contributed by atoms with Crippen molar-refractivity contribution < 1.29 is 14.3 Å². The van der Waals surface area contributed by atoms with Gasteiger partial charge in [-0.05, 0) is 48.6 Å². The topological polar surface area (TPSA) is 47.6 Å². The molecule has 0 aromatic heterocycles.